The van der Waals surface area contributed by atoms with Crippen LogP contribution in [0.4, 0.5) is 0 Å². The Kier molecular flexibility index (Phi) is 6.20. The molecule has 2 heterocycles. The first-order chi connectivity index (χ1) is 9.74. The quantitative estimate of drug-likeness (QED) is 0.777. The van der Waals surface area contributed by atoms with E-state index < -0.39 is 0 Å². The normalized spacial score (nSPS) is 12.6. The molecule has 0 saturated heterocycles. The third-order valence-corrected chi connectivity index (χ3v) is 4.83. The van der Waals surface area contributed by atoms with Crippen LogP contribution in [0.5, 0.6) is 0 Å². The lowest BCUT2D eigenvalue weighted by molar-refractivity contribution is 0.533. The van der Waals surface area contributed by atoms with Gasteiger partial charge in [0.05, 0.1) is 0 Å². The molecule has 1 atom stereocenters. The van der Waals surface area contributed by atoms with E-state index in [0.29, 0.717) is 6.04 Å². The van der Waals surface area contributed by atoms with Crippen LogP contribution in [0.2, 0.25) is 0 Å². The fourth-order valence-electron chi connectivity index (χ4n) is 2.32. The summed E-state index contributed by atoms with van der Waals surface area (Å²) in [4.78, 5) is 5.74. The average Bonchev–Trinajstić information content (AvgIpc) is 2.92. The highest BCUT2D eigenvalue weighted by Gasteiger charge is 2.16. The van der Waals surface area contributed by atoms with Crippen LogP contribution in [-0.2, 0) is 12.8 Å². The van der Waals surface area contributed by atoms with Gasteiger partial charge in [0.25, 0.3) is 0 Å². The number of pyridine rings is 1. The second-order valence-corrected chi connectivity index (χ2v) is 6.75. The van der Waals surface area contributed by atoms with Gasteiger partial charge in [-0.25, -0.2) is 0 Å². The van der Waals surface area contributed by atoms with Crippen molar-refractivity contribution in [2.75, 3.05) is 6.54 Å². The molecular formula is C16H21BrN2S. The number of halogens is 1. The van der Waals surface area contributed by atoms with E-state index >= 15 is 0 Å². The van der Waals surface area contributed by atoms with Crippen molar-refractivity contribution in [2.45, 2.75) is 39.2 Å². The van der Waals surface area contributed by atoms with Crippen LogP contribution in [-0.4, -0.2) is 11.5 Å². The molecule has 4 heteroatoms. The maximum atomic E-state index is 4.27. The number of nitrogens with one attached hydrogen (secondary N) is 1. The highest BCUT2D eigenvalue weighted by Crippen LogP contribution is 2.28. The predicted molar refractivity (Wildman–Crippen MR) is 90.4 cm³/mol. The van der Waals surface area contributed by atoms with E-state index in [4.69, 9.17) is 0 Å². The summed E-state index contributed by atoms with van der Waals surface area (Å²) in [7, 11) is 0. The molecule has 0 radical (unpaired) electrons. The van der Waals surface area contributed by atoms with Crippen LogP contribution in [0.25, 0.3) is 0 Å². The van der Waals surface area contributed by atoms with Crippen LogP contribution < -0.4 is 5.32 Å². The van der Waals surface area contributed by atoms with Crippen molar-refractivity contribution in [1.82, 2.24) is 10.3 Å². The summed E-state index contributed by atoms with van der Waals surface area (Å²) in [6.45, 7) is 5.48. The lowest BCUT2D eigenvalue weighted by Gasteiger charge is -2.19. The summed E-state index contributed by atoms with van der Waals surface area (Å²) >= 11 is 5.36. The maximum absolute atomic E-state index is 4.27. The van der Waals surface area contributed by atoms with Gasteiger partial charge in [-0.3, -0.25) is 4.98 Å². The van der Waals surface area contributed by atoms with Gasteiger partial charge in [-0.05, 0) is 70.4 Å². The van der Waals surface area contributed by atoms with Crippen molar-refractivity contribution in [1.29, 1.82) is 0 Å². The van der Waals surface area contributed by atoms with Gasteiger partial charge in [0.1, 0.15) is 0 Å². The van der Waals surface area contributed by atoms with Crippen LogP contribution >= 0.6 is 27.3 Å². The van der Waals surface area contributed by atoms with E-state index in [-0.39, 0.29) is 0 Å². The molecule has 0 amide bonds. The van der Waals surface area contributed by atoms with E-state index in [2.05, 4.69) is 57.6 Å². The van der Waals surface area contributed by atoms with E-state index in [0.717, 1.165) is 30.3 Å². The van der Waals surface area contributed by atoms with Crippen molar-refractivity contribution in [3.8, 4) is 0 Å². The highest BCUT2D eigenvalue weighted by atomic mass is 79.9. The Balaban J connectivity index is 2.19. The third kappa shape index (κ3) is 4.14. The molecule has 20 heavy (non-hydrogen) atoms. The lowest BCUT2D eigenvalue weighted by atomic mass is 10.0. The molecule has 108 valence electrons. The zero-order chi connectivity index (χ0) is 14.4. The molecule has 0 aromatic carbocycles. The van der Waals surface area contributed by atoms with Gasteiger partial charge in [0, 0.05) is 27.8 Å². The van der Waals surface area contributed by atoms with Crippen molar-refractivity contribution in [3.05, 3.63) is 50.4 Å². The van der Waals surface area contributed by atoms with Crippen LogP contribution in [0.3, 0.4) is 0 Å². The molecule has 0 aliphatic heterocycles. The first-order valence-corrected chi connectivity index (χ1v) is 8.81. The Hall–Kier alpha value is -0.710. The summed E-state index contributed by atoms with van der Waals surface area (Å²) in [6, 6.07) is 4.80. The van der Waals surface area contributed by atoms with Gasteiger partial charge < -0.3 is 5.32 Å². The number of aryl methyl sites for hydroxylation is 1. The van der Waals surface area contributed by atoms with Crippen LogP contribution in [0.15, 0.2) is 34.4 Å². The van der Waals surface area contributed by atoms with Crippen molar-refractivity contribution in [3.63, 3.8) is 0 Å². The molecule has 0 saturated carbocycles. The van der Waals surface area contributed by atoms with Gasteiger partial charge >= 0.3 is 0 Å². The smallest absolute Gasteiger partial charge is 0.0459 e. The Labute approximate surface area is 133 Å². The summed E-state index contributed by atoms with van der Waals surface area (Å²) in [5.74, 6) is 0. The number of aromatic nitrogens is 1. The minimum absolute atomic E-state index is 0.390. The molecule has 0 aliphatic carbocycles. The summed E-state index contributed by atoms with van der Waals surface area (Å²) in [6.07, 6.45) is 7.03. The lowest BCUT2D eigenvalue weighted by Crippen LogP contribution is -2.24. The van der Waals surface area contributed by atoms with Crippen molar-refractivity contribution in [2.24, 2.45) is 0 Å². The summed E-state index contributed by atoms with van der Waals surface area (Å²) in [5.41, 5.74) is 2.73. The second kappa shape index (κ2) is 7.91. The van der Waals surface area contributed by atoms with Gasteiger partial charge in [-0.15, -0.1) is 11.3 Å². The first-order valence-electron chi connectivity index (χ1n) is 7.13. The Bertz CT molecular complexity index is 539. The zero-order valence-electron chi connectivity index (χ0n) is 12.0. The largest absolute Gasteiger partial charge is 0.309 e. The minimum Gasteiger partial charge on any atom is -0.309 e. The van der Waals surface area contributed by atoms with E-state index in [1.165, 1.54) is 16.0 Å². The van der Waals surface area contributed by atoms with Crippen molar-refractivity contribution < 1.29 is 0 Å². The molecule has 0 fully saturated rings. The monoisotopic (exact) mass is 352 g/mol. The number of thiophene rings is 1. The molecule has 0 bridgehead atoms. The number of hydrogen-bond acceptors (Lipinski definition) is 3. The average molecular weight is 353 g/mol. The number of nitrogens with zero attached hydrogens (tertiary/aromatic N) is 1. The van der Waals surface area contributed by atoms with Crippen molar-refractivity contribution >= 4 is 27.3 Å². The van der Waals surface area contributed by atoms with E-state index in [1.54, 1.807) is 0 Å². The molecule has 2 aromatic rings. The molecular weight excluding hydrogens is 332 g/mol. The summed E-state index contributed by atoms with van der Waals surface area (Å²) < 4.78 is 1.05. The highest BCUT2D eigenvalue weighted by molar-refractivity contribution is 9.10. The number of hydrogen-bond donors (Lipinski definition) is 1. The van der Waals surface area contributed by atoms with Crippen LogP contribution in [0.1, 0.15) is 42.3 Å². The predicted octanol–water partition coefficient (Wildman–Crippen LogP) is 4.75. The second-order valence-electron chi connectivity index (χ2n) is 4.89. The Morgan fingerprint density at radius 3 is 2.90 bits per heavy atom. The molecule has 1 unspecified atom stereocenters. The molecule has 2 rings (SSSR count). The van der Waals surface area contributed by atoms with E-state index in [1.807, 2.05) is 23.7 Å². The standard InChI is InChI=1S/C16H21BrN2S/c1-3-6-19-15(16-13(4-2)5-7-20-16)9-12-8-14(17)11-18-10-12/h5,7-8,10-11,15,19H,3-4,6,9H2,1-2H3. The Morgan fingerprint density at radius 2 is 2.20 bits per heavy atom. The fourth-order valence-corrected chi connectivity index (χ4v) is 3.81. The number of rotatable bonds is 7. The Morgan fingerprint density at radius 1 is 1.35 bits per heavy atom. The minimum atomic E-state index is 0.390. The van der Waals surface area contributed by atoms with Gasteiger partial charge in [0.2, 0.25) is 0 Å². The maximum Gasteiger partial charge on any atom is 0.0459 e. The SMILES string of the molecule is CCCNC(Cc1cncc(Br)c1)c1sccc1CC. The summed E-state index contributed by atoms with van der Waals surface area (Å²) in [5, 5.41) is 5.88. The molecule has 0 spiro atoms. The molecule has 1 N–H and O–H groups in total. The molecule has 2 aromatic heterocycles. The first kappa shape index (κ1) is 15.7. The van der Waals surface area contributed by atoms with Gasteiger partial charge in [0.15, 0.2) is 0 Å². The topological polar surface area (TPSA) is 24.9 Å². The fraction of sp³-hybridized carbons (Fsp3) is 0.438. The third-order valence-electron chi connectivity index (χ3n) is 3.32. The van der Waals surface area contributed by atoms with Gasteiger partial charge in [-0.1, -0.05) is 13.8 Å². The zero-order valence-corrected chi connectivity index (χ0v) is 14.4. The van der Waals surface area contributed by atoms with Crippen LogP contribution in [0, 0.1) is 0 Å². The van der Waals surface area contributed by atoms with E-state index in [9.17, 15) is 0 Å². The molecule has 0 aliphatic rings. The molecule has 2 nitrogen and oxygen atoms in total. The van der Waals surface area contributed by atoms with Gasteiger partial charge in [-0.2, -0.15) is 0 Å².